The van der Waals surface area contributed by atoms with Crippen LogP contribution in [0.25, 0.3) is 6.08 Å². The Morgan fingerprint density at radius 3 is 2.39 bits per heavy atom. The maximum Gasteiger partial charge on any atom is 0.331 e. The van der Waals surface area contributed by atoms with Crippen molar-refractivity contribution in [2.75, 3.05) is 32.6 Å². The van der Waals surface area contributed by atoms with Crippen LogP contribution in [0.5, 0.6) is 11.5 Å². The molecule has 0 aromatic heterocycles. The number of hydrogen-bond donors (Lipinski definition) is 1. The maximum absolute atomic E-state index is 11.9. The molecule has 166 valence electrons. The standard InChI is InChI=1S/C24H29NO5S/c1-4-28-21-12-8-19(16-22(21)29-5-2)14-15-25-23(26)17-30-24(27)13-9-18-6-10-20(31-3)11-7-18/h6-13,16H,4-5,14-15,17H2,1-3H3,(H,25,26)/b13-9+. The third-order valence-corrected chi connectivity index (χ3v) is 4.96. The first-order chi connectivity index (χ1) is 15.0. The molecule has 2 aromatic carbocycles. The van der Waals surface area contributed by atoms with Crippen molar-refractivity contribution in [3.05, 3.63) is 59.7 Å². The van der Waals surface area contributed by atoms with E-state index in [0.29, 0.717) is 37.7 Å². The number of nitrogens with one attached hydrogen (secondary N) is 1. The number of ether oxygens (including phenoxy) is 3. The highest BCUT2D eigenvalue weighted by Gasteiger charge is 2.08. The van der Waals surface area contributed by atoms with Crippen LogP contribution >= 0.6 is 11.8 Å². The lowest BCUT2D eigenvalue weighted by Gasteiger charge is -2.12. The van der Waals surface area contributed by atoms with E-state index >= 15 is 0 Å². The highest BCUT2D eigenvalue weighted by Crippen LogP contribution is 2.28. The second kappa shape index (κ2) is 13.4. The molecule has 0 fully saturated rings. The Kier molecular flexibility index (Phi) is 10.5. The summed E-state index contributed by atoms with van der Waals surface area (Å²) in [4.78, 5) is 24.9. The molecule has 1 N–H and O–H groups in total. The molecule has 0 saturated heterocycles. The second-order valence-electron chi connectivity index (χ2n) is 6.46. The number of benzene rings is 2. The Morgan fingerprint density at radius 2 is 1.71 bits per heavy atom. The normalized spacial score (nSPS) is 10.7. The van der Waals surface area contributed by atoms with Crippen molar-refractivity contribution in [3.8, 4) is 11.5 Å². The van der Waals surface area contributed by atoms with Crippen molar-refractivity contribution in [1.82, 2.24) is 5.32 Å². The van der Waals surface area contributed by atoms with Crippen LogP contribution in [-0.4, -0.2) is 44.5 Å². The Balaban J connectivity index is 1.73. The molecule has 1 amide bonds. The first-order valence-electron chi connectivity index (χ1n) is 10.2. The minimum Gasteiger partial charge on any atom is -0.490 e. The van der Waals surface area contributed by atoms with Crippen LogP contribution in [0.1, 0.15) is 25.0 Å². The van der Waals surface area contributed by atoms with Crippen molar-refractivity contribution in [2.24, 2.45) is 0 Å². The SMILES string of the molecule is CCOc1ccc(CCNC(=O)COC(=O)/C=C/c2ccc(SC)cc2)cc1OCC. The first-order valence-corrected chi connectivity index (χ1v) is 11.4. The van der Waals surface area contributed by atoms with Crippen molar-refractivity contribution >= 4 is 29.7 Å². The quantitative estimate of drug-likeness (QED) is 0.302. The van der Waals surface area contributed by atoms with Gasteiger partial charge in [-0.25, -0.2) is 4.79 Å². The highest BCUT2D eigenvalue weighted by atomic mass is 32.2. The van der Waals surface area contributed by atoms with Crippen LogP contribution in [0.3, 0.4) is 0 Å². The maximum atomic E-state index is 11.9. The number of esters is 1. The van der Waals surface area contributed by atoms with Crippen LogP contribution in [0.4, 0.5) is 0 Å². The van der Waals surface area contributed by atoms with E-state index in [0.717, 1.165) is 16.0 Å². The molecule has 31 heavy (non-hydrogen) atoms. The van der Waals surface area contributed by atoms with Crippen LogP contribution in [0.15, 0.2) is 53.4 Å². The van der Waals surface area contributed by atoms with Gasteiger partial charge in [-0.3, -0.25) is 4.79 Å². The molecule has 0 unspecified atom stereocenters. The van der Waals surface area contributed by atoms with Gasteiger partial charge in [0.2, 0.25) is 0 Å². The molecular formula is C24H29NO5S. The smallest absolute Gasteiger partial charge is 0.331 e. The van der Waals surface area contributed by atoms with Gasteiger partial charge in [0.25, 0.3) is 5.91 Å². The summed E-state index contributed by atoms with van der Waals surface area (Å²) in [5.41, 5.74) is 1.90. The lowest BCUT2D eigenvalue weighted by atomic mass is 10.1. The summed E-state index contributed by atoms with van der Waals surface area (Å²) in [5.74, 6) is 0.494. The Hall–Kier alpha value is -2.93. The van der Waals surface area contributed by atoms with Gasteiger partial charge < -0.3 is 19.5 Å². The van der Waals surface area contributed by atoms with Gasteiger partial charge in [-0.05, 0) is 68.0 Å². The molecule has 0 bridgehead atoms. The molecule has 0 heterocycles. The monoisotopic (exact) mass is 443 g/mol. The van der Waals surface area contributed by atoms with Crippen LogP contribution < -0.4 is 14.8 Å². The van der Waals surface area contributed by atoms with E-state index < -0.39 is 5.97 Å². The molecule has 2 aromatic rings. The van der Waals surface area contributed by atoms with Gasteiger partial charge in [0.05, 0.1) is 13.2 Å². The Bertz CT molecular complexity index is 880. The van der Waals surface area contributed by atoms with Gasteiger partial charge in [0.1, 0.15) is 0 Å². The summed E-state index contributed by atoms with van der Waals surface area (Å²) in [6.07, 6.45) is 5.60. The van der Waals surface area contributed by atoms with Crippen LogP contribution in [0.2, 0.25) is 0 Å². The number of thioether (sulfide) groups is 1. The predicted octanol–water partition coefficient (Wildman–Crippen LogP) is 4.12. The fraction of sp³-hybridized carbons (Fsp3) is 0.333. The molecular weight excluding hydrogens is 414 g/mol. The fourth-order valence-corrected chi connectivity index (χ4v) is 3.12. The largest absolute Gasteiger partial charge is 0.490 e. The lowest BCUT2D eigenvalue weighted by molar-refractivity contribution is -0.143. The number of rotatable bonds is 12. The minimum absolute atomic E-state index is 0.317. The molecule has 0 spiro atoms. The van der Waals surface area contributed by atoms with Crippen LogP contribution in [0, 0.1) is 0 Å². The molecule has 0 aliphatic carbocycles. The summed E-state index contributed by atoms with van der Waals surface area (Å²) in [7, 11) is 0. The Labute approximate surface area is 188 Å². The molecule has 2 rings (SSSR count). The molecule has 0 radical (unpaired) electrons. The molecule has 6 nitrogen and oxygen atoms in total. The van der Waals surface area contributed by atoms with E-state index in [4.69, 9.17) is 14.2 Å². The van der Waals surface area contributed by atoms with Gasteiger partial charge >= 0.3 is 5.97 Å². The first kappa shape index (κ1) is 24.3. The van der Waals surface area contributed by atoms with Crippen LogP contribution in [-0.2, 0) is 20.7 Å². The number of carbonyl (C=O) groups is 2. The summed E-state index contributed by atoms with van der Waals surface area (Å²) in [6.45, 7) is 5.05. The van der Waals surface area contributed by atoms with Gasteiger partial charge in [-0.15, -0.1) is 11.8 Å². The summed E-state index contributed by atoms with van der Waals surface area (Å²) in [5, 5.41) is 2.75. The highest BCUT2D eigenvalue weighted by molar-refractivity contribution is 7.98. The zero-order valence-electron chi connectivity index (χ0n) is 18.2. The van der Waals surface area contributed by atoms with Gasteiger partial charge in [0, 0.05) is 17.5 Å². The zero-order chi connectivity index (χ0) is 22.5. The topological polar surface area (TPSA) is 73.9 Å². The lowest BCUT2D eigenvalue weighted by Crippen LogP contribution is -2.30. The fourth-order valence-electron chi connectivity index (χ4n) is 2.71. The summed E-state index contributed by atoms with van der Waals surface area (Å²) >= 11 is 1.65. The van der Waals surface area contributed by atoms with E-state index in [2.05, 4.69) is 5.32 Å². The third-order valence-electron chi connectivity index (χ3n) is 4.22. The second-order valence-corrected chi connectivity index (χ2v) is 7.34. The van der Waals surface area contributed by atoms with E-state index in [-0.39, 0.29) is 12.5 Å². The van der Waals surface area contributed by atoms with Crippen molar-refractivity contribution in [1.29, 1.82) is 0 Å². The predicted molar refractivity (Wildman–Crippen MR) is 124 cm³/mol. The number of carbonyl (C=O) groups excluding carboxylic acids is 2. The van der Waals surface area contributed by atoms with Crippen molar-refractivity contribution < 1.29 is 23.8 Å². The van der Waals surface area contributed by atoms with Gasteiger partial charge in [-0.2, -0.15) is 0 Å². The van der Waals surface area contributed by atoms with Crippen molar-refractivity contribution in [2.45, 2.75) is 25.2 Å². The van der Waals surface area contributed by atoms with Gasteiger partial charge in [0.15, 0.2) is 18.1 Å². The number of amides is 1. The average Bonchev–Trinajstić information content (AvgIpc) is 2.78. The van der Waals surface area contributed by atoms with E-state index in [1.807, 2.05) is 62.6 Å². The summed E-state index contributed by atoms with van der Waals surface area (Å²) < 4.78 is 16.2. The molecule has 0 aliphatic rings. The molecule has 0 aliphatic heterocycles. The molecule has 7 heteroatoms. The number of hydrogen-bond acceptors (Lipinski definition) is 6. The summed E-state index contributed by atoms with van der Waals surface area (Å²) in [6, 6.07) is 13.5. The zero-order valence-corrected chi connectivity index (χ0v) is 19.0. The average molecular weight is 444 g/mol. The minimum atomic E-state index is -0.558. The Morgan fingerprint density at radius 1 is 1.00 bits per heavy atom. The van der Waals surface area contributed by atoms with E-state index in [1.54, 1.807) is 17.8 Å². The van der Waals surface area contributed by atoms with E-state index in [9.17, 15) is 9.59 Å². The van der Waals surface area contributed by atoms with Crippen molar-refractivity contribution in [3.63, 3.8) is 0 Å². The third kappa shape index (κ3) is 8.76. The molecule has 0 atom stereocenters. The van der Waals surface area contributed by atoms with E-state index in [1.165, 1.54) is 6.08 Å². The molecule has 0 saturated carbocycles. The van der Waals surface area contributed by atoms with Gasteiger partial charge in [-0.1, -0.05) is 18.2 Å².